The first kappa shape index (κ1) is 11.5. The van der Waals surface area contributed by atoms with Crippen molar-refractivity contribution in [2.45, 2.75) is 6.54 Å². The third kappa shape index (κ3) is 2.07. The standard InChI is InChI=1S/C13H16ClFN2/c14-12-2-1-8(3-13(12)15)5-17-6-10-9(4-16)11(10)7-17/h1-3,9-11H,4-7,16H2/t9?,10-,11+. The molecule has 1 saturated carbocycles. The maximum atomic E-state index is 13.3. The van der Waals surface area contributed by atoms with Crippen LogP contribution in [-0.4, -0.2) is 24.5 Å². The maximum Gasteiger partial charge on any atom is 0.142 e. The van der Waals surface area contributed by atoms with E-state index in [1.807, 2.05) is 6.07 Å². The number of rotatable bonds is 3. The van der Waals surface area contributed by atoms with Crippen LogP contribution in [0.5, 0.6) is 0 Å². The topological polar surface area (TPSA) is 29.3 Å². The average molecular weight is 255 g/mol. The van der Waals surface area contributed by atoms with E-state index in [2.05, 4.69) is 4.90 Å². The molecule has 0 spiro atoms. The lowest BCUT2D eigenvalue weighted by Gasteiger charge is -2.19. The second-order valence-corrected chi connectivity index (χ2v) is 5.58. The summed E-state index contributed by atoms with van der Waals surface area (Å²) in [6.45, 7) is 3.85. The molecule has 2 aliphatic rings. The molecule has 1 heterocycles. The molecular formula is C13H16ClFN2. The second kappa shape index (κ2) is 4.23. The highest BCUT2D eigenvalue weighted by atomic mass is 35.5. The van der Waals surface area contributed by atoms with Gasteiger partial charge in [-0.1, -0.05) is 17.7 Å². The number of hydrogen-bond acceptors (Lipinski definition) is 2. The minimum atomic E-state index is -0.326. The first-order valence-corrected chi connectivity index (χ1v) is 6.43. The maximum absolute atomic E-state index is 13.3. The second-order valence-electron chi connectivity index (χ2n) is 5.17. The number of halogens is 2. The van der Waals surface area contributed by atoms with E-state index in [0.29, 0.717) is 0 Å². The number of likely N-dealkylation sites (tertiary alicyclic amines) is 1. The number of nitrogens with zero attached hydrogens (tertiary/aromatic N) is 1. The van der Waals surface area contributed by atoms with Gasteiger partial charge in [0.25, 0.3) is 0 Å². The smallest absolute Gasteiger partial charge is 0.142 e. The minimum Gasteiger partial charge on any atom is -0.330 e. The molecule has 1 aliphatic heterocycles. The van der Waals surface area contributed by atoms with Gasteiger partial charge in [-0.05, 0) is 42.0 Å². The Hall–Kier alpha value is -0.640. The Balaban J connectivity index is 1.60. The number of fused-ring (bicyclic) bond motifs is 1. The van der Waals surface area contributed by atoms with Crippen molar-refractivity contribution in [1.82, 2.24) is 4.90 Å². The van der Waals surface area contributed by atoms with Crippen molar-refractivity contribution in [3.8, 4) is 0 Å². The largest absolute Gasteiger partial charge is 0.330 e. The first-order chi connectivity index (χ1) is 8.19. The summed E-state index contributed by atoms with van der Waals surface area (Å²) in [5.74, 6) is 2.00. The van der Waals surface area contributed by atoms with Gasteiger partial charge in [0.2, 0.25) is 0 Å². The molecule has 17 heavy (non-hydrogen) atoms. The first-order valence-electron chi connectivity index (χ1n) is 6.05. The summed E-state index contributed by atoms with van der Waals surface area (Å²) in [7, 11) is 0. The van der Waals surface area contributed by atoms with Crippen LogP contribution >= 0.6 is 11.6 Å². The Bertz CT molecular complexity index is 425. The van der Waals surface area contributed by atoms with Crippen molar-refractivity contribution in [1.29, 1.82) is 0 Å². The van der Waals surface area contributed by atoms with Crippen LogP contribution in [0.25, 0.3) is 0 Å². The molecule has 92 valence electrons. The van der Waals surface area contributed by atoms with Crippen molar-refractivity contribution in [3.05, 3.63) is 34.6 Å². The summed E-state index contributed by atoms with van der Waals surface area (Å²) in [6, 6.07) is 5.06. The van der Waals surface area contributed by atoms with Crippen LogP contribution in [0.15, 0.2) is 18.2 Å². The third-order valence-corrected chi connectivity index (χ3v) is 4.42. The van der Waals surface area contributed by atoms with Crippen LogP contribution in [0.1, 0.15) is 5.56 Å². The number of benzene rings is 1. The zero-order valence-electron chi connectivity index (χ0n) is 9.57. The summed E-state index contributed by atoms with van der Waals surface area (Å²) >= 11 is 5.66. The normalized spacial score (nSPS) is 31.6. The van der Waals surface area contributed by atoms with E-state index in [-0.39, 0.29) is 10.8 Å². The van der Waals surface area contributed by atoms with Crippen LogP contribution < -0.4 is 5.73 Å². The summed E-state index contributed by atoms with van der Waals surface area (Å²) < 4.78 is 13.3. The molecule has 2 fully saturated rings. The Morgan fingerprint density at radius 3 is 2.65 bits per heavy atom. The average Bonchev–Trinajstić information content (AvgIpc) is 2.78. The highest BCUT2D eigenvalue weighted by molar-refractivity contribution is 6.30. The molecule has 1 aliphatic carbocycles. The van der Waals surface area contributed by atoms with Crippen molar-refractivity contribution in [2.75, 3.05) is 19.6 Å². The molecular weight excluding hydrogens is 239 g/mol. The summed E-state index contributed by atoms with van der Waals surface area (Å²) in [4.78, 5) is 2.38. The summed E-state index contributed by atoms with van der Waals surface area (Å²) in [5, 5.41) is 0.196. The fraction of sp³-hybridized carbons (Fsp3) is 0.538. The lowest BCUT2D eigenvalue weighted by atomic mass is 10.2. The predicted octanol–water partition coefficient (Wildman–Crippen LogP) is 2.12. The Kier molecular flexibility index (Phi) is 2.85. The van der Waals surface area contributed by atoms with Crippen molar-refractivity contribution in [2.24, 2.45) is 23.5 Å². The highest BCUT2D eigenvalue weighted by Gasteiger charge is 2.54. The number of nitrogens with two attached hydrogens (primary N) is 1. The fourth-order valence-electron chi connectivity index (χ4n) is 3.11. The van der Waals surface area contributed by atoms with Crippen molar-refractivity contribution >= 4 is 11.6 Å². The van der Waals surface area contributed by atoms with Gasteiger partial charge < -0.3 is 5.73 Å². The van der Waals surface area contributed by atoms with Crippen LogP contribution in [0, 0.1) is 23.6 Å². The van der Waals surface area contributed by atoms with E-state index in [0.717, 1.165) is 49.5 Å². The molecule has 3 atom stereocenters. The zero-order valence-corrected chi connectivity index (χ0v) is 10.3. The molecule has 0 radical (unpaired) electrons. The molecule has 1 saturated heterocycles. The van der Waals surface area contributed by atoms with E-state index >= 15 is 0 Å². The van der Waals surface area contributed by atoms with Crippen molar-refractivity contribution < 1.29 is 4.39 Å². The van der Waals surface area contributed by atoms with Crippen LogP contribution in [0.2, 0.25) is 5.02 Å². The van der Waals surface area contributed by atoms with Gasteiger partial charge in [-0.2, -0.15) is 0 Å². The Labute approximate surface area is 106 Å². The van der Waals surface area contributed by atoms with E-state index < -0.39 is 0 Å². The molecule has 1 aromatic rings. The van der Waals surface area contributed by atoms with Gasteiger partial charge in [0, 0.05) is 19.6 Å². The van der Waals surface area contributed by atoms with Gasteiger partial charge in [-0.3, -0.25) is 4.90 Å². The zero-order chi connectivity index (χ0) is 12.0. The Morgan fingerprint density at radius 1 is 1.35 bits per heavy atom. The molecule has 2 nitrogen and oxygen atoms in total. The monoisotopic (exact) mass is 254 g/mol. The number of hydrogen-bond donors (Lipinski definition) is 1. The SMILES string of the molecule is NCC1[C@H]2CN(Cc3ccc(Cl)c(F)c3)C[C@@H]12. The van der Waals surface area contributed by atoms with Gasteiger partial charge in [-0.15, -0.1) is 0 Å². The van der Waals surface area contributed by atoms with Gasteiger partial charge in [0.05, 0.1) is 5.02 Å². The molecule has 4 heteroatoms. The lowest BCUT2D eigenvalue weighted by Crippen LogP contribution is -2.25. The molecule has 0 aromatic heterocycles. The van der Waals surface area contributed by atoms with Gasteiger partial charge in [-0.25, -0.2) is 4.39 Å². The van der Waals surface area contributed by atoms with E-state index in [4.69, 9.17) is 17.3 Å². The minimum absolute atomic E-state index is 0.196. The quantitative estimate of drug-likeness (QED) is 0.895. The lowest BCUT2D eigenvalue weighted by molar-refractivity contribution is 0.278. The predicted molar refractivity (Wildman–Crippen MR) is 66.2 cm³/mol. The molecule has 3 rings (SSSR count). The van der Waals surface area contributed by atoms with E-state index in [9.17, 15) is 4.39 Å². The third-order valence-electron chi connectivity index (χ3n) is 4.11. The van der Waals surface area contributed by atoms with Gasteiger partial charge in [0.15, 0.2) is 0 Å². The molecule has 0 amide bonds. The van der Waals surface area contributed by atoms with E-state index in [1.54, 1.807) is 6.07 Å². The van der Waals surface area contributed by atoms with E-state index in [1.165, 1.54) is 6.07 Å². The number of piperidine rings is 1. The van der Waals surface area contributed by atoms with Crippen LogP contribution in [-0.2, 0) is 6.54 Å². The Morgan fingerprint density at radius 2 is 2.06 bits per heavy atom. The van der Waals surface area contributed by atoms with Gasteiger partial charge >= 0.3 is 0 Å². The molecule has 2 N–H and O–H groups in total. The van der Waals surface area contributed by atoms with Crippen molar-refractivity contribution in [3.63, 3.8) is 0 Å². The fourth-order valence-corrected chi connectivity index (χ4v) is 3.23. The molecule has 1 unspecified atom stereocenters. The summed E-state index contributed by atoms with van der Waals surface area (Å²) in [5.41, 5.74) is 6.67. The summed E-state index contributed by atoms with van der Waals surface area (Å²) in [6.07, 6.45) is 0. The molecule has 1 aromatic carbocycles. The molecule has 0 bridgehead atoms. The highest BCUT2D eigenvalue weighted by Crippen LogP contribution is 2.51. The van der Waals surface area contributed by atoms with Gasteiger partial charge in [0.1, 0.15) is 5.82 Å². The van der Waals surface area contributed by atoms with Crippen LogP contribution in [0.3, 0.4) is 0 Å². The van der Waals surface area contributed by atoms with Crippen LogP contribution in [0.4, 0.5) is 4.39 Å².